The van der Waals surface area contributed by atoms with Crippen molar-refractivity contribution in [1.29, 1.82) is 0 Å². The van der Waals surface area contributed by atoms with Gasteiger partial charge in [-0.2, -0.15) is 4.98 Å². The molecule has 1 heterocycles. The Morgan fingerprint density at radius 3 is 3.00 bits per heavy atom. The van der Waals surface area contributed by atoms with Crippen LogP contribution < -0.4 is 10.5 Å². The van der Waals surface area contributed by atoms with E-state index in [9.17, 15) is 0 Å². The van der Waals surface area contributed by atoms with Gasteiger partial charge in [0.05, 0.1) is 10.7 Å². The number of ether oxygens (including phenoxy) is 1. The Morgan fingerprint density at radius 1 is 1.64 bits per heavy atom. The van der Waals surface area contributed by atoms with E-state index < -0.39 is 0 Å². The highest BCUT2D eigenvalue weighted by Crippen LogP contribution is 2.35. The van der Waals surface area contributed by atoms with Crippen LogP contribution in [0.3, 0.4) is 0 Å². The van der Waals surface area contributed by atoms with Gasteiger partial charge in [-0.1, -0.05) is 0 Å². The summed E-state index contributed by atoms with van der Waals surface area (Å²) < 4.78 is 6.42. The summed E-state index contributed by atoms with van der Waals surface area (Å²) in [4.78, 5) is 7.87. The molecule has 2 rings (SSSR count). The average Bonchev–Trinajstić information content (AvgIpc) is 2.94. The molecular weight excluding hydrogens is 246 g/mol. The Morgan fingerprint density at radius 2 is 2.36 bits per heavy atom. The minimum Gasteiger partial charge on any atom is -0.473 e. The van der Waals surface area contributed by atoms with Crippen LogP contribution in [0.15, 0.2) is 10.7 Å². The molecule has 0 spiro atoms. The molecule has 2 N–H and O–H groups in total. The molecule has 1 unspecified atom stereocenters. The Labute approximate surface area is 91.0 Å². The number of nitrogens with zero attached hydrogens (tertiary/aromatic N) is 2. The van der Waals surface area contributed by atoms with Gasteiger partial charge in [-0.3, -0.25) is 0 Å². The van der Waals surface area contributed by atoms with Crippen molar-refractivity contribution < 1.29 is 4.74 Å². The smallest absolute Gasteiger partial charge is 0.233 e. The first kappa shape index (κ1) is 9.71. The molecule has 0 aromatic carbocycles. The predicted molar refractivity (Wildman–Crippen MR) is 57.0 cm³/mol. The highest BCUT2D eigenvalue weighted by molar-refractivity contribution is 9.10. The van der Waals surface area contributed by atoms with Gasteiger partial charge in [0.1, 0.15) is 6.10 Å². The molecule has 1 aromatic heterocycles. The SMILES string of the molecule is CC(Oc1nc(N)ncc1Br)C1CC1. The summed E-state index contributed by atoms with van der Waals surface area (Å²) in [5, 5.41) is 0. The summed E-state index contributed by atoms with van der Waals surface area (Å²) in [5.74, 6) is 1.46. The molecule has 0 amide bonds. The summed E-state index contributed by atoms with van der Waals surface area (Å²) >= 11 is 3.32. The Bertz CT molecular complexity index is 341. The van der Waals surface area contributed by atoms with E-state index in [1.807, 2.05) is 0 Å². The number of hydrogen-bond donors (Lipinski definition) is 1. The Kier molecular flexibility index (Phi) is 2.58. The second-order valence-corrected chi connectivity index (χ2v) is 4.40. The lowest BCUT2D eigenvalue weighted by Gasteiger charge is -2.13. The number of nitrogen functional groups attached to an aromatic ring is 1. The lowest BCUT2D eigenvalue weighted by Crippen LogP contribution is -2.15. The number of rotatable bonds is 3. The molecule has 1 fully saturated rings. The third kappa shape index (κ3) is 2.15. The summed E-state index contributed by atoms with van der Waals surface area (Å²) in [6, 6.07) is 0. The molecule has 0 aliphatic heterocycles. The fraction of sp³-hybridized carbons (Fsp3) is 0.556. The van der Waals surface area contributed by atoms with Gasteiger partial charge in [0.15, 0.2) is 0 Å². The molecule has 1 saturated carbocycles. The largest absolute Gasteiger partial charge is 0.473 e. The van der Waals surface area contributed by atoms with E-state index >= 15 is 0 Å². The van der Waals surface area contributed by atoms with Gasteiger partial charge in [0.2, 0.25) is 11.8 Å². The van der Waals surface area contributed by atoms with Gasteiger partial charge in [0.25, 0.3) is 0 Å². The second kappa shape index (κ2) is 3.73. The molecule has 1 aliphatic rings. The van der Waals surface area contributed by atoms with Crippen LogP contribution in [-0.4, -0.2) is 16.1 Å². The van der Waals surface area contributed by atoms with Crippen molar-refractivity contribution in [2.75, 3.05) is 5.73 Å². The molecule has 1 atom stereocenters. The van der Waals surface area contributed by atoms with Gasteiger partial charge >= 0.3 is 0 Å². The molecule has 4 nitrogen and oxygen atoms in total. The van der Waals surface area contributed by atoms with Crippen molar-refractivity contribution in [3.05, 3.63) is 10.7 Å². The standard InChI is InChI=1S/C9H12BrN3O/c1-5(6-2-3-6)14-8-7(10)4-12-9(11)13-8/h4-6H,2-3H2,1H3,(H2,11,12,13). The van der Waals surface area contributed by atoms with Crippen LogP contribution in [0.4, 0.5) is 5.95 Å². The van der Waals surface area contributed by atoms with Crippen LogP contribution in [0.1, 0.15) is 19.8 Å². The second-order valence-electron chi connectivity index (χ2n) is 3.54. The molecule has 5 heteroatoms. The van der Waals surface area contributed by atoms with E-state index in [1.54, 1.807) is 6.20 Å². The predicted octanol–water partition coefficient (Wildman–Crippen LogP) is 2.00. The third-order valence-corrected chi connectivity index (χ3v) is 2.86. The van der Waals surface area contributed by atoms with Gasteiger partial charge in [0, 0.05) is 0 Å². The molecule has 0 saturated heterocycles. The molecule has 1 aromatic rings. The molecule has 14 heavy (non-hydrogen) atoms. The van der Waals surface area contributed by atoms with Crippen molar-refractivity contribution in [3.63, 3.8) is 0 Å². The van der Waals surface area contributed by atoms with E-state index in [0.29, 0.717) is 11.8 Å². The number of nitrogens with two attached hydrogens (primary N) is 1. The van der Waals surface area contributed by atoms with Crippen LogP contribution >= 0.6 is 15.9 Å². The van der Waals surface area contributed by atoms with E-state index in [4.69, 9.17) is 10.5 Å². The summed E-state index contributed by atoms with van der Waals surface area (Å²) in [7, 11) is 0. The van der Waals surface area contributed by atoms with E-state index in [2.05, 4.69) is 32.8 Å². The zero-order chi connectivity index (χ0) is 10.1. The topological polar surface area (TPSA) is 61.0 Å². The van der Waals surface area contributed by atoms with Crippen molar-refractivity contribution in [3.8, 4) is 5.88 Å². The van der Waals surface area contributed by atoms with Crippen LogP contribution in [0, 0.1) is 5.92 Å². The summed E-state index contributed by atoms with van der Waals surface area (Å²) in [5.41, 5.74) is 5.47. The van der Waals surface area contributed by atoms with Crippen LogP contribution in [0.25, 0.3) is 0 Å². The third-order valence-electron chi connectivity index (χ3n) is 2.31. The maximum Gasteiger partial charge on any atom is 0.233 e. The molecule has 76 valence electrons. The molecular formula is C9H12BrN3O. The number of anilines is 1. The summed E-state index contributed by atoms with van der Waals surface area (Å²) in [6.45, 7) is 2.06. The maximum absolute atomic E-state index is 5.67. The molecule has 1 aliphatic carbocycles. The van der Waals surface area contributed by atoms with E-state index in [-0.39, 0.29) is 12.1 Å². The van der Waals surface area contributed by atoms with E-state index in [1.165, 1.54) is 12.8 Å². The number of halogens is 1. The lowest BCUT2D eigenvalue weighted by molar-refractivity contribution is 0.188. The fourth-order valence-corrected chi connectivity index (χ4v) is 1.57. The number of hydrogen-bond acceptors (Lipinski definition) is 4. The Balaban J connectivity index is 2.10. The minimum atomic E-state index is 0.209. The fourth-order valence-electron chi connectivity index (χ4n) is 1.28. The first-order valence-electron chi connectivity index (χ1n) is 4.61. The average molecular weight is 258 g/mol. The zero-order valence-electron chi connectivity index (χ0n) is 7.90. The highest BCUT2D eigenvalue weighted by Gasteiger charge is 2.30. The zero-order valence-corrected chi connectivity index (χ0v) is 9.49. The van der Waals surface area contributed by atoms with Crippen LogP contribution in [0.5, 0.6) is 5.88 Å². The first-order chi connectivity index (χ1) is 6.66. The van der Waals surface area contributed by atoms with Gasteiger partial charge in [-0.25, -0.2) is 4.98 Å². The van der Waals surface area contributed by atoms with Crippen molar-refractivity contribution >= 4 is 21.9 Å². The highest BCUT2D eigenvalue weighted by atomic mass is 79.9. The first-order valence-corrected chi connectivity index (χ1v) is 5.41. The van der Waals surface area contributed by atoms with Crippen molar-refractivity contribution in [2.45, 2.75) is 25.9 Å². The van der Waals surface area contributed by atoms with Crippen LogP contribution in [0.2, 0.25) is 0 Å². The maximum atomic E-state index is 5.67. The lowest BCUT2D eigenvalue weighted by atomic mass is 10.3. The molecule has 0 radical (unpaired) electrons. The van der Waals surface area contributed by atoms with E-state index in [0.717, 1.165) is 4.47 Å². The van der Waals surface area contributed by atoms with Crippen molar-refractivity contribution in [2.24, 2.45) is 5.92 Å². The number of aromatic nitrogens is 2. The van der Waals surface area contributed by atoms with Gasteiger partial charge in [-0.05, 0) is 41.6 Å². The Hall–Kier alpha value is -0.840. The van der Waals surface area contributed by atoms with Gasteiger partial charge < -0.3 is 10.5 Å². The van der Waals surface area contributed by atoms with Gasteiger partial charge in [-0.15, -0.1) is 0 Å². The monoisotopic (exact) mass is 257 g/mol. The van der Waals surface area contributed by atoms with Crippen molar-refractivity contribution in [1.82, 2.24) is 9.97 Å². The molecule has 0 bridgehead atoms. The summed E-state index contributed by atoms with van der Waals surface area (Å²) in [6.07, 6.45) is 4.32. The quantitative estimate of drug-likeness (QED) is 0.900. The minimum absolute atomic E-state index is 0.209. The van der Waals surface area contributed by atoms with Crippen LogP contribution in [-0.2, 0) is 0 Å². The normalized spacial score (nSPS) is 17.9.